The van der Waals surface area contributed by atoms with E-state index in [0.717, 1.165) is 24.9 Å². The number of nitrogens with zero attached hydrogens (tertiary/aromatic N) is 1. The van der Waals surface area contributed by atoms with Gasteiger partial charge in [0.2, 0.25) is 5.91 Å². The molecule has 7 nitrogen and oxygen atoms in total. The summed E-state index contributed by atoms with van der Waals surface area (Å²) in [5.74, 6) is -1.94. The second-order valence-electron chi connectivity index (χ2n) is 6.98. The number of rotatable bonds is 5. The molecule has 0 spiro atoms. The number of amides is 3. The van der Waals surface area contributed by atoms with E-state index in [4.69, 9.17) is 0 Å². The zero-order valence-corrected chi connectivity index (χ0v) is 16.3. The fourth-order valence-electron chi connectivity index (χ4n) is 3.27. The van der Waals surface area contributed by atoms with Crippen molar-refractivity contribution in [3.05, 3.63) is 59.7 Å². The third-order valence-corrected chi connectivity index (χ3v) is 4.67. The van der Waals surface area contributed by atoms with Gasteiger partial charge in [-0.25, -0.2) is 5.43 Å². The van der Waals surface area contributed by atoms with Gasteiger partial charge in [-0.3, -0.25) is 14.4 Å². The van der Waals surface area contributed by atoms with Gasteiger partial charge in [-0.1, -0.05) is 30.3 Å². The summed E-state index contributed by atoms with van der Waals surface area (Å²) in [6.07, 6.45) is 4.32. The second kappa shape index (κ2) is 9.64. The molecule has 3 amide bonds. The lowest BCUT2D eigenvalue weighted by Crippen LogP contribution is -2.33. The number of hydrazone groups is 1. The van der Waals surface area contributed by atoms with Crippen LogP contribution in [0.2, 0.25) is 0 Å². The molecule has 0 aliphatic heterocycles. The van der Waals surface area contributed by atoms with Crippen molar-refractivity contribution in [3.63, 3.8) is 0 Å². The molecule has 0 unspecified atom stereocenters. The summed E-state index contributed by atoms with van der Waals surface area (Å²) in [4.78, 5) is 36.1. The summed E-state index contributed by atoms with van der Waals surface area (Å²) < 4.78 is 0. The average Bonchev–Trinajstić information content (AvgIpc) is 2.73. The largest absolute Gasteiger partial charge is 0.329 e. The van der Waals surface area contributed by atoms with Gasteiger partial charge >= 0.3 is 11.8 Å². The summed E-state index contributed by atoms with van der Waals surface area (Å²) >= 11 is 0. The van der Waals surface area contributed by atoms with Crippen molar-refractivity contribution in [2.45, 2.75) is 39.0 Å². The highest BCUT2D eigenvalue weighted by Crippen LogP contribution is 2.27. The number of hydrogen-bond donors (Lipinski definition) is 3. The Kier molecular flexibility index (Phi) is 6.73. The summed E-state index contributed by atoms with van der Waals surface area (Å²) in [7, 11) is 0. The summed E-state index contributed by atoms with van der Waals surface area (Å²) in [5.41, 5.74) is 6.42. The van der Waals surface area contributed by atoms with Gasteiger partial charge in [0, 0.05) is 17.1 Å². The minimum atomic E-state index is -0.897. The normalized spacial score (nSPS) is 13.2. The molecule has 2 aromatic rings. The topological polar surface area (TPSA) is 99.7 Å². The smallest absolute Gasteiger partial charge is 0.325 e. The number of carbonyl (C=O) groups is 3. The number of aryl methyl sites for hydroxylation is 1. The van der Waals surface area contributed by atoms with E-state index in [1.54, 1.807) is 37.3 Å². The molecule has 0 fully saturated rings. The van der Waals surface area contributed by atoms with Crippen LogP contribution in [0.15, 0.2) is 53.6 Å². The van der Waals surface area contributed by atoms with Gasteiger partial charge in [-0.05, 0) is 61.9 Å². The average molecular weight is 392 g/mol. The highest BCUT2D eigenvalue weighted by Gasteiger charge is 2.16. The maximum Gasteiger partial charge on any atom is 0.329 e. The van der Waals surface area contributed by atoms with Crippen LogP contribution in [0.25, 0.3) is 0 Å². The Labute approximate surface area is 169 Å². The first-order valence-electron chi connectivity index (χ1n) is 9.63. The molecule has 3 rings (SSSR count). The van der Waals surface area contributed by atoms with Crippen LogP contribution in [0.5, 0.6) is 0 Å². The van der Waals surface area contributed by atoms with Crippen molar-refractivity contribution in [2.24, 2.45) is 5.10 Å². The molecule has 0 radical (unpaired) electrons. The van der Waals surface area contributed by atoms with Gasteiger partial charge in [0.25, 0.3) is 0 Å². The van der Waals surface area contributed by atoms with Gasteiger partial charge in [0.05, 0.1) is 6.42 Å². The third kappa shape index (κ3) is 5.75. The van der Waals surface area contributed by atoms with Crippen LogP contribution in [0.3, 0.4) is 0 Å². The van der Waals surface area contributed by atoms with Crippen molar-refractivity contribution in [2.75, 3.05) is 10.6 Å². The van der Waals surface area contributed by atoms with Crippen LogP contribution in [-0.2, 0) is 27.2 Å². The SMILES string of the molecule is C/C(CC(=O)Nc1cccc2c1CCCC2)=N\NC(=O)C(=O)Nc1ccccc1. The Balaban J connectivity index is 1.51. The molecular weight excluding hydrogens is 368 g/mol. The van der Waals surface area contributed by atoms with Gasteiger partial charge in [-0.2, -0.15) is 5.10 Å². The number of anilines is 2. The minimum absolute atomic E-state index is 0.0181. The van der Waals surface area contributed by atoms with E-state index in [1.165, 1.54) is 17.5 Å². The van der Waals surface area contributed by atoms with Crippen molar-refractivity contribution in [1.82, 2.24) is 5.43 Å². The van der Waals surface area contributed by atoms with E-state index in [0.29, 0.717) is 11.4 Å². The molecule has 2 aromatic carbocycles. The molecule has 0 saturated heterocycles. The lowest BCUT2D eigenvalue weighted by molar-refractivity contribution is -0.136. The van der Waals surface area contributed by atoms with Crippen molar-refractivity contribution < 1.29 is 14.4 Å². The fraction of sp³-hybridized carbons (Fsp3) is 0.273. The maximum atomic E-state index is 12.3. The third-order valence-electron chi connectivity index (χ3n) is 4.67. The Morgan fingerprint density at radius 2 is 1.66 bits per heavy atom. The molecule has 1 aliphatic rings. The van der Waals surface area contributed by atoms with E-state index >= 15 is 0 Å². The highest BCUT2D eigenvalue weighted by atomic mass is 16.2. The van der Waals surface area contributed by atoms with E-state index in [9.17, 15) is 14.4 Å². The fourth-order valence-corrected chi connectivity index (χ4v) is 3.27. The molecule has 0 bridgehead atoms. The second-order valence-corrected chi connectivity index (χ2v) is 6.98. The van der Waals surface area contributed by atoms with E-state index in [2.05, 4.69) is 27.2 Å². The van der Waals surface area contributed by atoms with Crippen LogP contribution in [0.4, 0.5) is 11.4 Å². The number of fused-ring (bicyclic) bond motifs is 1. The van der Waals surface area contributed by atoms with Gasteiger partial charge in [-0.15, -0.1) is 0 Å². The molecule has 0 atom stereocenters. The minimum Gasteiger partial charge on any atom is -0.325 e. The zero-order chi connectivity index (χ0) is 20.6. The van der Waals surface area contributed by atoms with Crippen LogP contribution in [0, 0.1) is 0 Å². The zero-order valence-electron chi connectivity index (χ0n) is 16.3. The highest BCUT2D eigenvalue weighted by molar-refractivity contribution is 6.39. The van der Waals surface area contributed by atoms with Crippen molar-refractivity contribution in [3.8, 4) is 0 Å². The van der Waals surface area contributed by atoms with Gasteiger partial charge < -0.3 is 10.6 Å². The summed E-state index contributed by atoms with van der Waals surface area (Å²) in [5, 5.41) is 9.25. The van der Waals surface area contributed by atoms with Gasteiger partial charge in [0.1, 0.15) is 0 Å². The standard InChI is InChI=1S/C22H24N4O3/c1-15(25-26-22(29)21(28)23-17-10-3-2-4-11-17)14-20(27)24-19-13-7-9-16-8-5-6-12-18(16)19/h2-4,7,9-11,13H,5-6,8,12,14H2,1H3,(H,23,28)(H,24,27)(H,26,29)/b25-15+. The molecular formula is C22H24N4O3. The predicted octanol–water partition coefficient (Wildman–Crippen LogP) is 3.02. The van der Waals surface area contributed by atoms with Crippen molar-refractivity contribution in [1.29, 1.82) is 0 Å². The molecule has 1 aliphatic carbocycles. The molecule has 150 valence electrons. The molecule has 3 N–H and O–H groups in total. The lowest BCUT2D eigenvalue weighted by Gasteiger charge is -2.19. The predicted molar refractivity (Wildman–Crippen MR) is 113 cm³/mol. The molecule has 0 aromatic heterocycles. The summed E-state index contributed by atoms with van der Waals surface area (Å²) in [6, 6.07) is 14.6. The Bertz CT molecular complexity index is 938. The van der Waals surface area contributed by atoms with Gasteiger partial charge in [0.15, 0.2) is 0 Å². The number of benzene rings is 2. The van der Waals surface area contributed by atoms with Crippen LogP contribution >= 0.6 is 0 Å². The Hall–Kier alpha value is -3.48. The van der Waals surface area contributed by atoms with Crippen LogP contribution in [0.1, 0.15) is 37.3 Å². The number of nitrogens with one attached hydrogen (secondary N) is 3. The number of carbonyl (C=O) groups excluding carboxylic acids is 3. The Morgan fingerprint density at radius 1 is 0.897 bits per heavy atom. The summed E-state index contributed by atoms with van der Waals surface area (Å²) in [6.45, 7) is 1.62. The first-order valence-corrected chi connectivity index (χ1v) is 9.63. The molecule has 7 heteroatoms. The number of para-hydroxylation sites is 1. The quantitative estimate of drug-likeness (QED) is 0.414. The Morgan fingerprint density at radius 3 is 2.45 bits per heavy atom. The van der Waals surface area contributed by atoms with Crippen LogP contribution < -0.4 is 16.1 Å². The maximum absolute atomic E-state index is 12.3. The first kappa shape index (κ1) is 20.3. The molecule has 0 saturated carbocycles. The molecule has 0 heterocycles. The van der Waals surface area contributed by atoms with E-state index < -0.39 is 11.8 Å². The lowest BCUT2D eigenvalue weighted by atomic mass is 9.90. The first-order chi connectivity index (χ1) is 14.0. The molecule has 29 heavy (non-hydrogen) atoms. The van der Waals surface area contributed by atoms with E-state index in [-0.39, 0.29) is 12.3 Å². The van der Waals surface area contributed by atoms with Crippen molar-refractivity contribution >= 4 is 34.8 Å². The van der Waals surface area contributed by atoms with Crippen LogP contribution in [-0.4, -0.2) is 23.4 Å². The number of hydrogen-bond acceptors (Lipinski definition) is 4. The monoisotopic (exact) mass is 392 g/mol. The van der Waals surface area contributed by atoms with E-state index in [1.807, 2.05) is 12.1 Å².